The van der Waals surface area contributed by atoms with Gasteiger partial charge in [0.1, 0.15) is 17.9 Å². The van der Waals surface area contributed by atoms with Crippen molar-refractivity contribution in [3.8, 4) is 18.1 Å². The number of carbonyl (C=O) groups excluding carboxylic acids is 3. The zero-order valence-corrected chi connectivity index (χ0v) is 16.8. The Hall–Kier alpha value is -3.90. The number of barbiturate groups is 1. The second-order valence-electron chi connectivity index (χ2n) is 5.99. The Kier molecular flexibility index (Phi) is 5.99. The topological polar surface area (TPSA) is 113 Å². The van der Waals surface area contributed by atoms with E-state index in [2.05, 4.69) is 27.2 Å². The van der Waals surface area contributed by atoms with Gasteiger partial charge in [0.05, 0.1) is 15.7 Å². The predicted octanol–water partition coefficient (Wildman–Crippen LogP) is 2.83. The molecule has 1 aliphatic heterocycles. The SMILES string of the molecule is C#CCOc1ccc(/C=C2\C(=O)NC(=O)N(c3ccc(C(=O)O)cc3)C2=O)cc1Br. The maximum atomic E-state index is 12.9. The molecule has 2 N–H and O–H groups in total. The van der Waals surface area contributed by atoms with Crippen LogP contribution in [-0.2, 0) is 9.59 Å². The van der Waals surface area contributed by atoms with E-state index in [1.807, 2.05) is 0 Å². The van der Waals surface area contributed by atoms with E-state index >= 15 is 0 Å². The highest BCUT2D eigenvalue weighted by atomic mass is 79.9. The number of terminal acetylenes is 1. The summed E-state index contributed by atoms with van der Waals surface area (Å²) in [5, 5.41) is 11.1. The molecule has 1 aliphatic rings. The number of ether oxygens (including phenoxy) is 1. The molecule has 3 rings (SSSR count). The molecule has 0 bridgehead atoms. The fourth-order valence-electron chi connectivity index (χ4n) is 2.66. The number of nitrogens with zero attached hydrogens (tertiary/aromatic N) is 1. The lowest BCUT2D eigenvalue weighted by molar-refractivity contribution is -0.122. The molecule has 1 fully saturated rings. The zero-order chi connectivity index (χ0) is 21.8. The second-order valence-corrected chi connectivity index (χ2v) is 6.85. The molecule has 8 nitrogen and oxygen atoms in total. The fourth-order valence-corrected chi connectivity index (χ4v) is 3.17. The number of carboxylic acids is 1. The number of rotatable bonds is 5. The first kappa shape index (κ1) is 20.8. The van der Waals surface area contributed by atoms with Gasteiger partial charge in [0, 0.05) is 0 Å². The second kappa shape index (κ2) is 8.63. The molecule has 4 amide bonds. The largest absolute Gasteiger partial charge is 0.480 e. The van der Waals surface area contributed by atoms with Gasteiger partial charge in [0.2, 0.25) is 0 Å². The lowest BCUT2D eigenvalue weighted by atomic mass is 10.1. The van der Waals surface area contributed by atoms with Gasteiger partial charge >= 0.3 is 12.0 Å². The highest BCUT2D eigenvalue weighted by Crippen LogP contribution is 2.28. The monoisotopic (exact) mass is 468 g/mol. The molecule has 30 heavy (non-hydrogen) atoms. The third-order valence-electron chi connectivity index (χ3n) is 4.05. The maximum absolute atomic E-state index is 12.9. The van der Waals surface area contributed by atoms with Crippen LogP contribution in [0.3, 0.4) is 0 Å². The van der Waals surface area contributed by atoms with Crippen LogP contribution in [-0.4, -0.2) is 35.5 Å². The smallest absolute Gasteiger partial charge is 0.335 e. The van der Waals surface area contributed by atoms with Crippen LogP contribution >= 0.6 is 15.9 Å². The fraction of sp³-hybridized carbons (Fsp3) is 0.0476. The first-order valence-corrected chi connectivity index (χ1v) is 9.21. The average molecular weight is 469 g/mol. The van der Waals surface area contributed by atoms with E-state index in [0.29, 0.717) is 15.8 Å². The molecule has 0 atom stereocenters. The van der Waals surface area contributed by atoms with E-state index in [-0.39, 0.29) is 23.4 Å². The number of carboxylic acid groups (broad SMARTS) is 1. The number of amides is 4. The third-order valence-corrected chi connectivity index (χ3v) is 4.67. The van der Waals surface area contributed by atoms with Gasteiger partial charge < -0.3 is 9.84 Å². The summed E-state index contributed by atoms with van der Waals surface area (Å²) in [6.45, 7) is 0.0810. The van der Waals surface area contributed by atoms with Crippen molar-refractivity contribution in [2.75, 3.05) is 11.5 Å². The van der Waals surface area contributed by atoms with Crippen molar-refractivity contribution in [2.45, 2.75) is 0 Å². The average Bonchev–Trinajstić information content (AvgIpc) is 2.70. The summed E-state index contributed by atoms with van der Waals surface area (Å²) in [6, 6.07) is 9.06. The van der Waals surface area contributed by atoms with Crippen molar-refractivity contribution in [1.29, 1.82) is 0 Å². The first-order chi connectivity index (χ1) is 14.3. The van der Waals surface area contributed by atoms with Crippen LogP contribution in [0.25, 0.3) is 6.08 Å². The van der Waals surface area contributed by atoms with Crippen LogP contribution < -0.4 is 15.0 Å². The minimum atomic E-state index is -1.15. The Morgan fingerprint density at radius 1 is 1.20 bits per heavy atom. The summed E-state index contributed by atoms with van der Waals surface area (Å²) in [7, 11) is 0. The summed E-state index contributed by atoms with van der Waals surface area (Å²) in [5.41, 5.74) is 0.359. The third kappa shape index (κ3) is 4.24. The van der Waals surface area contributed by atoms with Crippen molar-refractivity contribution in [1.82, 2.24) is 5.32 Å². The molecule has 0 aliphatic carbocycles. The molecular formula is C21H13BrN2O6. The molecule has 0 unspecified atom stereocenters. The molecular weight excluding hydrogens is 456 g/mol. The Morgan fingerprint density at radius 3 is 2.50 bits per heavy atom. The Labute approximate surface area is 179 Å². The molecule has 2 aromatic rings. The van der Waals surface area contributed by atoms with Crippen LogP contribution in [0, 0.1) is 12.3 Å². The van der Waals surface area contributed by atoms with Gasteiger partial charge in [-0.3, -0.25) is 14.9 Å². The Bertz CT molecular complexity index is 1130. The van der Waals surface area contributed by atoms with Crippen molar-refractivity contribution >= 4 is 51.5 Å². The van der Waals surface area contributed by atoms with E-state index < -0.39 is 23.8 Å². The molecule has 0 spiro atoms. The van der Waals surface area contributed by atoms with E-state index in [1.54, 1.807) is 18.2 Å². The number of halogens is 1. The quantitative estimate of drug-likeness (QED) is 0.396. The molecule has 0 aromatic heterocycles. The molecule has 1 heterocycles. The molecule has 9 heteroatoms. The van der Waals surface area contributed by atoms with Crippen LogP contribution in [0.15, 0.2) is 52.5 Å². The summed E-state index contributed by atoms with van der Waals surface area (Å²) in [5.74, 6) is 0.0132. The summed E-state index contributed by atoms with van der Waals surface area (Å²) < 4.78 is 5.91. The maximum Gasteiger partial charge on any atom is 0.335 e. The number of aromatic carboxylic acids is 1. The van der Waals surface area contributed by atoms with Crippen molar-refractivity contribution in [3.05, 3.63) is 63.6 Å². The van der Waals surface area contributed by atoms with Gasteiger partial charge in [-0.15, -0.1) is 6.42 Å². The number of benzene rings is 2. The standard InChI is InChI=1S/C21H13BrN2O6/c1-2-9-30-17-8-3-12(11-16(17)22)10-15-18(25)23-21(29)24(19(15)26)14-6-4-13(5-7-14)20(27)28/h1,3-8,10-11H,9H2,(H,27,28)(H,23,25,29)/b15-10+. The van der Waals surface area contributed by atoms with Crippen molar-refractivity contribution in [3.63, 3.8) is 0 Å². The highest BCUT2D eigenvalue weighted by Gasteiger charge is 2.36. The number of hydrogen-bond acceptors (Lipinski definition) is 5. The number of carbonyl (C=O) groups is 4. The van der Waals surface area contributed by atoms with Crippen molar-refractivity contribution < 1.29 is 29.0 Å². The van der Waals surface area contributed by atoms with E-state index in [9.17, 15) is 19.2 Å². The lowest BCUT2D eigenvalue weighted by Crippen LogP contribution is -2.54. The number of nitrogens with one attached hydrogen (secondary N) is 1. The first-order valence-electron chi connectivity index (χ1n) is 8.42. The number of urea groups is 1. The normalized spacial score (nSPS) is 15.0. The van der Waals surface area contributed by atoms with Gasteiger partial charge in [-0.25, -0.2) is 14.5 Å². The zero-order valence-electron chi connectivity index (χ0n) is 15.2. The molecule has 1 saturated heterocycles. The van der Waals surface area contributed by atoms with Gasteiger partial charge in [0.15, 0.2) is 0 Å². The molecule has 0 saturated carbocycles. The number of imide groups is 2. The van der Waals surface area contributed by atoms with Gasteiger partial charge in [-0.2, -0.15) is 0 Å². The molecule has 2 aromatic carbocycles. The summed E-state index contributed by atoms with van der Waals surface area (Å²) >= 11 is 3.33. The van der Waals surface area contributed by atoms with Gasteiger partial charge in [0.25, 0.3) is 11.8 Å². The van der Waals surface area contributed by atoms with Crippen LogP contribution in [0.5, 0.6) is 5.75 Å². The molecule has 150 valence electrons. The Balaban J connectivity index is 1.93. The van der Waals surface area contributed by atoms with Crippen LogP contribution in [0.4, 0.5) is 10.5 Å². The summed E-state index contributed by atoms with van der Waals surface area (Å²) in [6.07, 6.45) is 6.49. The van der Waals surface area contributed by atoms with Gasteiger partial charge in [-0.05, 0) is 64.0 Å². The minimum Gasteiger partial charge on any atom is -0.480 e. The minimum absolute atomic E-state index is 0.00699. The number of hydrogen-bond donors (Lipinski definition) is 2. The van der Waals surface area contributed by atoms with Crippen LogP contribution in [0.1, 0.15) is 15.9 Å². The van der Waals surface area contributed by atoms with Crippen LogP contribution in [0.2, 0.25) is 0 Å². The van der Waals surface area contributed by atoms with Gasteiger partial charge in [-0.1, -0.05) is 12.0 Å². The van der Waals surface area contributed by atoms with E-state index in [4.69, 9.17) is 16.3 Å². The van der Waals surface area contributed by atoms with E-state index in [1.165, 1.54) is 30.3 Å². The Morgan fingerprint density at radius 2 is 1.90 bits per heavy atom. The summed E-state index contributed by atoms with van der Waals surface area (Å²) in [4.78, 5) is 49.1. The number of anilines is 1. The molecule has 0 radical (unpaired) electrons. The lowest BCUT2D eigenvalue weighted by Gasteiger charge is -2.26. The van der Waals surface area contributed by atoms with E-state index in [0.717, 1.165) is 4.90 Å². The van der Waals surface area contributed by atoms with Crippen molar-refractivity contribution in [2.24, 2.45) is 0 Å². The highest BCUT2D eigenvalue weighted by molar-refractivity contribution is 9.10. The predicted molar refractivity (Wildman–Crippen MR) is 111 cm³/mol.